The molecule has 0 aliphatic heterocycles. The Morgan fingerprint density at radius 1 is 1.26 bits per heavy atom. The Kier molecular flexibility index (Phi) is 2.72. The third-order valence-electron chi connectivity index (χ3n) is 2.92. The summed E-state index contributed by atoms with van der Waals surface area (Å²) in [6, 6.07) is 10.7. The number of carbonyl (C=O) groups excluding carboxylic acids is 1. The molecular weight excluding hydrogens is 262 g/mol. The molecule has 3 aromatic rings. The first-order valence-electron chi connectivity index (χ1n) is 5.68. The number of rotatable bonds is 2. The van der Waals surface area contributed by atoms with Crippen LogP contribution in [0.3, 0.4) is 0 Å². The summed E-state index contributed by atoms with van der Waals surface area (Å²) in [5.74, 6) is -0.446. The van der Waals surface area contributed by atoms with Crippen molar-refractivity contribution in [2.45, 2.75) is 0 Å². The Morgan fingerprint density at radius 2 is 2.11 bits per heavy atom. The smallest absolute Gasteiger partial charge is 0.248 e. The molecule has 1 aromatic carbocycles. The number of hydrogen-bond acceptors (Lipinski definition) is 2. The number of amides is 1. The van der Waals surface area contributed by atoms with Crippen molar-refractivity contribution in [3.63, 3.8) is 0 Å². The van der Waals surface area contributed by atoms with Gasteiger partial charge in [-0.15, -0.1) is 0 Å². The molecule has 0 saturated carbocycles. The number of hydrogen-bond donors (Lipinski definition) is 1. The molecular formula is C14H10ClN3O. The Balaban J connectivity index is 2.19. The number of imidazole rings is 1. The van der Waals surface area contributed by atoms with Gasteiger partial charge in [0.2, 0.25) is 5.91 Å². The standard InChI is InChI=1S/C14H10ClN3O/c15-11-4-5-18-12(8-17-13(18)7-11)9-2-1-3-10(6-9)14(16)19/h1-8H,(H2,16,19). The summed E-state index contributed by atoms with van der Waals surface area (Å²) in [4.78, 5) is 15.5. The number of aromatic nitrogens is 2. The topological polar surface area (TPSA) is 60.4 Å². The second-order valence-electron chi connectivity index (χ2n) is 4.16. The van der Waals surface area contributed by atoms with Gasteiger partial charge >= 0.3 is 0 Å². The number of nitrogens with zero attached hydrogens (tertiary/aromatic N) is 2. The largest absolute Gasteiger partial charge is 0.366 e. The van der Waals surface area contributed by atoms with Crippen molar-refractivity contribution >= 4 is 23.2 Å². The summed E-state index contributed by atoms with van der Waals surface area (Å²) >= 11 is 5.93. The fourth-order valence-corrected chi connectivity index (χ4v) is 2.16. The van der Waals surface area contributed by atoms with Gasteiger partial charge in [0.1, 0.15) is 5.65 Å². The van der Waals surface area contributed by atoms with Gasteiger partial charge in [-0.1, -0.05) is 23.7 Å². The van der Waals surface area contributed by atoms with Crippen LogP contribution < -0.4 is 5.73 Å². The fraction of sp³-hybridized carbons (Fsp3) is 0. The quantitative estimate of drug-likeness (QED) is 0.779. The molecule has 5 heteroatoms. The van der Waals surface area contributed by atoms with E-state index in [0.29, 0.717) is 10.6 Å². The van der Waals surface area contributed by atoms with Gasteiger partial charge in [0.15, 0.2) is 0 Å². The minimum atomic E-state index is -0.446. The molecule has 0 spiro atoms. The highest BCUT2D eigenvalue weighted by Crippen LogP contribution is 2.23. The molecule has 0 radical (unpaired) electrons. The van der Waals surface area contributed by atoms with E-state index in [1.165, 1.54) is 0 Å². The monoisotopic (exact) mass is 271 g/mol. The van der Waals surface area contributed by atoms with Crippen LogP contribution in [0.2, 0.25) is 5.02 Å². The predicted molar refractivity (Wildman–Crippen MR) is 74.2 cm³/mol. The molecule has 0 fully saturated rings. The first-order valence-corrected chi connectivity index (χ1v) is 6.06. The van der Waals surface area contributed by atoms with Crippen LogP contribution in [0, 0.1) is 0 Å². The number of primary amides is 1. The average molecular weight is 272 g/mol. The Hall–Kier alpha value is -2.33. The van der Waals surface area contributed by atoms with Gasteiger partial charge in [0, 0.05) is 28.4 Å². The van der Waals surface area contributed by atoms with E-state index >= 15 is 0 Å². The van der Waals surface area contributed by atoms with E-state index in [2.05, 4.69) is 4.98 Å². The van der Waals surface area contributed by atoms with Crippen LogP contribution in [0.15, 0.2) is 48.8 Å². The van der Waals surface area contributed by atoms with Crippen LogP contribution >= 0.6 is 11.6 Å². The van der Waals surface area contributed by atoms with E-state index in [4.69, 9.17) is 17.3 Å². The van der Waals surface area contributed by atoms with Gasteiger partial charge in [0.25, 0.3) is 0 Å². The SMILES string of the molecule is NC(=O)c1cccc(-c2cnc3cc(Cl)ccn23)c1. The van der Waals surface area contributed by atoms with E-state index < -0.39 is 5.91 Å². The highest BCUT2D eigenvalue weighted by molar-refractivity contribution is 6.30. The van der Waals surface area contributed by atoms with Crippen molar-refractivity contribution in [2.24, 2.45) is 5.73 Å². The molecule has 0 atom stereocenters. The van der Waals surface area contributed by atoms with Crippen LogP contribution in [0.25, 0.3) is 16.9 Å². The maximum atomic E-state index is 11.2. The van der Waals surface area contributed by atoms with Crippen LogP contribution in [0.4, 0.5) is 0 Å². The predicted octanol–water partition coefficient (Wildman–Crippen LogP) is 2.75. The van der Waals surface area contributed by atoms with Gasteiger partial charge in [-0.3, -0.25) is 9.20 Å². The molecule has 2 aromatic heterocycles. The van der Waals surface area contributed by atoms with Crippen molar-refractivity contribution < 1.29 is 4.79 Å². The lowest BCUT2D eigenvalue weighted by Gasteiger charge is -2.03. The molecule has 2 heterocycles. The Labute approximate surface area is 114 Å². The molecule has 4 nitrogen and oxygen atoms in total. The van der Waals surface area contributed by atoms with Crippen molar-refractivity contribution in [2.75, 3.05) is 0 Å². The van der Waals surface area contributed by atoms with E-state index in [0.717, 1.165) is 16.9 Å². The van der Waals surface area contributed by atoms with Gasteiger partial charge in [-0.2, -0.15) is 0 Å². The first-order chi connectivity index (χ1) is 9.15. The van der Waals surface area contributed by atoms with E-state index in [9.17, 15) is 4.79 Å². The maximum Gasteiger partial charge on any atom is 0.248 e. The molecule has 0 aliphatic rings. The summed E-state index contributed by atoms with van der Waals surface area (Å²) in [6.45, 7) is 0. The lowest BCUT2D eigenvalue weighted by Crippen LogP contribution is -2.10. The molecule has 0 unspecified atom stereocenters. The molecule has 0 bridgehead atoms. The maximum absolute atomic E-state index is 11.2. The average Bonchev–Trinajstić information content (AvgIpc) is 2.81. The third kappa shape index (κ3) is 2.06. The lowest BCUT2D eigenvalue weighted by molar-refractivity contribution is 0.100. The molecule has 3 rings (SSSR count). The second kappa shape index (κ2) is 4.40. The number of nitrogens with two attached hydrogens (primary N) is 1. The number of benzene rings is 1. The van der Waals surface area contributed by atoms with E-state index in [1.807, 2.05) is 16.7 Å². The van der Waals surface area contributed by atoms with Crippen molar-refractivity contribution in [1.29, 1.82) is 0 Å². The highest BCUT2D eigenvalue weighted by Gasteiger charge is 2.08. The number of pyridine rings is 1. The number of fused-ring (bicyclic) bond motifs is 1. The molecule has 1 amide bonds. The van der Waals surface area contributed by atoms with Crippen LogP contribution in [0.1, 0.15) is 10.4 Å². The second-order valence-corrected chi connectivity index (χ2v) is 4.60. The van der Waals surface area contributed by atoms with Crippen LogP contribution in [-0.2, 0) is 0 Å². The summed E-state index contributed by atoms with van der Waals surface area (Å²) in [6.07, 6.45) is 3.59. The molecule has 0 saturated heterocycles. The van der Waals surface area contributed by atoms with Crippen LogP contribution in [0.5, 0.6) is 0 Å². The van der Waals surface area contributed by atoms with Crippen molar-refractivity contribution in [1.82, 2.24) is 9.38 Å². The highest BCUT2D eigenvalue weighted by atomic mass is 35.5. The van der Waals surface area contributed by atoms with Crippen molar-refractivity contribution in [3.05, 3.63) is 59.4 Å². The summed E-state index contributed by atoms with van der Waals surface area (Å²) in [7, 11) is 0. The number of carbonyl (C=O) groups is 1. The zero-order chi connectivity index (χ0) is 13.4. The number of halogens is 1. The van der Waals surface area contributed by atoms with Gasteiger partial charge in [-0.25, -0.2) is 4.98 Å². The summed E-state index contributed by atoms with van der Waals surface area (Å²) < 4.78 is 1.91. The first kappa shape index (κ1) is 11.7. The molecule has 19 heavy (non-hydrogen) atoms. The van der Waals surface area contributed by atoms with Crippen LogP contribution in [-0.4, -0.2) is 15.3 Å². The minimum Gasteiger partial charge on any atom is -0.366 e. The molecule has 2 N–H and O–H groups in total. The van der Waals surface area contributed by atoms with Crippen molar-refractivity contribution in [3.8, 4) is 11.3 Å². The normalized spacial score (nSPS) is 10.8. The molecule has 94 valence electrons. The zero-order valence-electron chi connectivity index (χ0n) is 9.88. The van der Waals surface area contributed by atoms with E-state index in [-0.39, 0.29) is 0 Å². The third-order valence-corrected chi connectivity index (χ3v) is 3.15. The summed E-state index contributed by atoms with van der Waals surface area (Å²) in [5, 5.41) is 0.635. The molecule has 0 aliphatic carbocycles. The lowest BCUT2D eigenvalue weighted by atomic mass is 10.1. The fourth-order valence-electron chi connectivity index (χ4n) is 2.00. The van der Waals surface area contributed by atoms with Gasteiger partial charge in [-0.05, 0) is 18.2 Å². The minimum absolute atomic E-state index is 0.446. The van der Waals surface area contributed by atoms with Gasteiger partial charge < -0.3 is 5.73 Å². The Bertz CT molecular complexity index is 779. The van der Waals surface area contributed by atoms with Gasteiger partial charge in [0.05, 0.1) is 11.9 Å². The zero-order valence-corrected chi connectivity index (χ0v) is 10.6. The summed E-state index contributed by atoms with van der Waals surface area (Å²) in [5.41, 5.74) is 8.28. The van der Waals surface area contributed by atoms with E-state index in [1.54, 1.807) is 36.5 Å². The Morgan fingerprint density at radius 3 is 2.89 bits per heavy atom.